The van der Waals surface area contributed by atoms with Gasteiger partial charge in [0.25, 0.3) is 10.1 Å². The fourth-order valence-corrected chi connectivity index (χ4v) is 6.74. The summed E-state index contributed by atoms with van der Waals surface area (Å²) < 4.78 is 57.9. The molecule has 0 aliphatic carbocycles. The molecule has 0 atom stereocenters. The molecule has 0 fully saturated rings. The largest absolute Gasteiger partial charge is 0.478 e. The summed E-state index contributed by atoms with van der Waals surface area (Å²) in [5.74, 6) is -1.92. The number of benzene rings is 1. The van der Waals surface area contributed by atoms with Gasteiger partial charge in [0.05, 0.1) is 11.3 Å². The summed E-state index contributed by atoms with van der Waals surface area (Å²) in [6.45, 7) is 2.22. The Labute approximate surface area is 193 Å². The summed E-state index contributed by atoms with van der Waals surface area (Å²) in [7, 11) is -9.06. The van der Waals surface area contributed by atoms with Crippen LogP contribution in [0.5, 0.6) is 0 Å². The predicted octanol–water partition coefficient (Wildman–Crippen LogP) is 5.89. The summed E-state index contributed by atoms with van der Waals surface area (Å²) in [4.78, 5) is 9.69. The van der Waals surface area contributed by atoms with Crippen molar-refractivity contribution in [3.63, 3.8) is 0 Å². The van der Waals surface area contributed by atoms with Crippen LogP contribution >= 0.6 is 0 Å². The molecule has 0 aliphatic rings. The standard InChI is InChI=1S/C23H38O7S2/c1-2-3-4-5-6-7-8-9-10-11-12-13-14-15-19-31(26,27)22-20(23(24)25)17-16-18-21(22)32(28,29)30/h16-18H,2-15,19H2,1H3,(H,24,25)(H,28,29,30). The van der Waals surface area contributed by atoms with E-state index in [9.17, 15) is 31.3 Å². The highest BCUT2D eigenvalue weighted by atomic mass is 32.2. The fourth-order valence-electron chi connectivity index (χ4n) is 3.80. The molecule has 0 saturated carbocycles. The van der Waals surface area contributed by atoms with Gasteiger partial charge in [0, 0.05) is 0 Å². The number of carboxylic acids is 1. The third-order valence-electron chi connectivity index (χ3n) is 5.56. The first-order valence-corrected chi connectivity index (χ1v) is 14.8. The van der Waals surface area contributed by atoms with E-state index >= 15 is 0 Å². The van der Waals surface area contributed by atoms with E-state index in [-0.39, 0.29) is 5.75 Å². The zero-order valence-electron chi connectivity index (χ0n) is 19.1. The van der Waals surface area contributed by atoms with E-state index in [0.29, 0.717) is 12.8 Å². The Balaban J connectivity index is 2.38. The van der Waals surface area contributed by atoms with Crippen LogP contribution in [0.1, 0.15) is 107 Å². The molecule has 1 aromatic carbocycles. The van der Waals surface area contributed by atoms with Gasteiger partial charge in [-0.2, -0.15) is 8.42 Å². The number of hydrogen-bond donors (Lipinski definition) is 2. The third kappa shape index (κ3) is 10.4. The number of rotatable bonds is 18. The van der Waals surface area contributed by atoms with Crippen LogP contribution in [0.25, 0.3) is 0 Å². The first kappa shape index (κ1) is 28.6. The molecule has 0 saturated heterocycles. The zero-order chi connectivity index (χ0) is 24.0. The highest BCUT2D eigenvalue weighted by Crippen LogP contribution is 2.27. The van der Waals surface area contributed by atoms with Crippen molar-refractivity contribution in [1.29, 1.82) is 0 Å². The van der Waals surface area contributed by atoms with Crippen LogP contribution in [0.2, 0.25) is 0 Å². The average Bonchev–Trinajstić information content (AvgIpc) is 2.72. The number of unbranched alkanes of at least 4 members (excludes halogenated alkanes) is 13. The second kappa shape index (κ2) is 14.6. The van der Waals surface area contributed by atoms with Gasteiger partial charge in [-0.1, -0.05) is 96.5 Å². The maximum absolute atomic E-state index is 12.7. The summed E-state index contributed by atoms with van der Waals surface area (Å²) in [5, 5.41) is 9.27. The Hall–Kier alpha value is -1.45. The maximum atomic E-state index is 12.7. The summed E-state index contributed by atoms with van der Waals surface area (Å²) in [6, 6.07) is 3.02. The molecule has 2 N–H and O–H groups in total. The van der Waals surface area contributed by atoms with Gasteiger partial charge in [-0.25, -0.2) is 13.2 Å². The molecule has 1 aromatic rings. The molecule has 184 valence electrons. The van der Waals surface area contributed by atoms with Gasteiger partial charge in [-0.05, 0) is 18.6 Å². The minimum absolute atomic E-state index is 0.305. The molecule has 7 nitrogen and oxygen atoms in total. The number of sulfone groups is 1. The van der Waals surface area contributed by atoms with E-state index in [1.54, 1.807) is 0 Å². The van der Waals surface area contributed by atoms with Crippen molar-refractivity contribution < 1.29 is 31.3 Å². The molecule has 1 rings (SSSR count). The van der Waals surface area contributed by atoms with Crippen LogP contribution < -0.4 is 0 Å². The minimum atomic E-state index is -4.87. The van der Waals surface area contributed by atoms with Crippen LogP contribution in [0.4, 0.5) is 0 Å². The SMILES string of the molecule is CCCCCCCCCCCCCCCCS(=O)(=O)c1c(C(=O)O)cccc1S(=O)(=O)O. The van der Waals surface area contributed by atoms with E-state index in [0.717, 1.165) is 37.5 Å². The lowest BCUT2D eigenvalue weighted by Crippen LogP contribution is -2.17. The van der Waals surface area contributed by atoms with Crippen molar-refractivity contribution in [2.45, 2.75) is 107 Å². The smallest absolute Gasteiger partial charge is 0.337 e. The Kier molecular flexibility index (Phi) is 13.1. The van der Waals surface area contributed by atoms with E-state index < -0.39 is 41.3 Å². The average molecular weight is 491 g/mol. The quantitative estimate of drug-likeness (QED) is 0.194. The topological polar surface area (TPSA) is 126 Å². The summed E-state index contributed by atoms with van der Waals surface area (Å²) >= 11 is 0. The number of carboxylic acid groups (broad SMARTS) is 1. The predicted molar refractivity (Wildman–Crippen MR) is 126 cm³/mol. The Morgan fingerprint density at radius 3 is 1.59 bits per heavy atom. The van der Waals surface area contributed by atoms with E-state index in [1.165, 1.54) is 57.8 Å². The maximum Gasteiger partial charge on any atom is 0.337 e. The lowest BCUT2D eigenvalue weighted by molar-refractivity contribution is 0.0692. The molecule has 0 bridgehead atoms. The van der Waals surface area contributed by atoms with E-state index in [1.807, 2.05) is 0 Å². The Morgan fingerprint density at radius 2 is 1.19 bits per heavy atom. The second-order valence-corrected chi connectivity index (χ2v) is 11.8. The number of hydrogen-bond acceptors (Lipinski definition) is 5. The first-order chi connectivity index (χ1) is 15.1. The molecule has 0 unspecified atom stereocenters. The fraction of sp³-hybridized carbons (Fsp3) is 0.696. The molecule has 0 aromatic heterocycles. The molecule has 32 heavy (non-hydrogen) atoms. The van der Waals surface area contributed by atoms with Crippen LogP contribution in [0.15, 0.2) is 28.0 Å². The lowest BCUT2D eigenvalue weighted by Gasteiger charge is -2.11. The Morgan fingerprint density at radius 1 is 0.750 bits per heavy atom. The van der Waals surface area contributed by atoms with E-state index in [2.05, 4.69) is 6.92 Å². The van der Waals surface area contributed by atoms with Crippen molar-refractivity contribution in [3.8, 4) is 0 Å². The molecule has 0 radical (unpaired) electrons. The highest BCUT2D eigenvalue weighted by molar-refractivity contribution is 7.92. The van der Waals surface area contributed by atoms with Crippen LogP contribution in [-0.4, -0.2) is 38.2 Å². The molecular formula is C23H38O7S2. The Bertz CT molecular complexity index is 906. The molecule has 0 spiro atoms. The molecule has 0 aliphatic heterocycles. The normalized spacial score (nSPS) is 12.2. The van der Waals surface area contributed by atoms with Gasteiger partial charge < -0.3 is 5.11 Å². The zero-order valence-corrected chi connectivity index (χ0v) is 20.7. The lowest BCUT2D eigenvalue weighted by atomic mass is 10.0. The van der Waals surface area contributed by atoms with Gasteiger partial charge >= 0.3 is 5.97 Å². The van der Waals surface area contributed by atoms with Crippen molar-refractivity contribution >= 4 is 25.9 Å². The number of carbonyl (C=O) groups is 1. The number of aromatic carboxylic acids is 1. The van der Waals surface area contributed by atoms with Gasteiger partial charge in [0.1, 0.15) is 9.79 Å². The third-order valence-corrected chi connectivity index (χ3v) is 8.48. The van der Waals surface area contributed by atoms with Crippen molar-refractivity contribution in [3.05, 3.63) is 23.8 Å². The van der Waals surface area contributed by atoms with Gasteiger partial charge in [-0.15, -0.1) is 0 Å². The van der Waals surface area contributed by atoms with Gasteiger partial charge in [0.2, 0.25) is 0 Å². The monoisotopic (exact) mass is 490 g/mol. The molecule has 0 amide bonds. The van der Waals surface area contributed by atoms with Crippen molar-refractivity contribution in [1.82, 2.24) is 0 Å². The summed E-state index contributed by atoms with van der Waals surface area (Å²) in [5.41, 5.74) is -0.648. The first-order valence-electron chi connectivity index (χ1n) is 11.7. The molecule has 9 heteroatoms. The minimum Gasteiger partial charge on any atom is -0.478 e. The van der Waals surface area contributed by atoms with Crippen LogP contribution in [0, 0.1) is 0 Å². The van der Waals surface area contributed by atoms with Gasteiger partial charge in [-0.3, -0.25) is 4.55 Å². The van der Waals surface area contributed by atoms with Crippen LogP contribution in [-0.2, 0) is 20.0 Å². The van der Waals surface area contributed by atoms with Gasteiger partial charge in [0.15, 0.2) is 9.84 Å². The second-order valence-electron chi connectivity index (χ2n) is 8.33. The van der Waals surface area contributed by atoms with Crippen molar-refractivity contribution in [2.75, 3.05) is 5.75 Å². The van der Waals surface area contributed by atoms with Crippen molar-refractivity contribution in [2.24, 2.45) is 0 Å². The highest BCUT2D eigenvalue weighted by Gasteiger charge is 2.30. The van der Waals surface area contributed by atoms with E-state index in [4.69, 9.17) is 0 Å². The molecular weight excluding hydrogens is 452 g/mol. The van der Waals surface area contributed by atoms with Crippen LogP contribution in [0.3, 0.4) is 0 Å². The summed E-state index contributed by atoms with van der Waals surface area (Å²) in [6.07, 6.45) is 15.5. The molecule has 0 heterocycles.